The van der Waals surface area contributed by atoms with Gasteiger partial charge in [0.1, 0.15) is 29.5 Å². The molecule has 2 heterocycles. The molecule has 126 valence electrons. The number of imide groups is 1. The van der Waals surface area contributed by atoms with Crippen LogP contribution in [-0.4, -0.2) is 21.8 Å². The van der Waals surface area contributed by atoms with Crippen LogP contribution in [0.2, 0.25) is 0 Å². The minimum Gasteiger partial charge on any atom is -0.444 e. The topological polar surface area (TPSA) is 75.4 Å². The molecule has 0 saturated carbocycles. The number of carbonyl (C=O) groups is 2. The van der Waals surface area contributed by atoms with Gasteiger partial charge in [-0.3, -0.25) is 9.69 Å². The molecule has 8 heteroatoms. The molecule has 1 aliphatic heterocycles. The Morgan fingerprint density at radius 2 is 1.88 bits per heavy atom. The highest BCUT2D eigenvalue weighted by Gasteiger charge is 2.51. The van der Waals surface area contributed by atoms with E-state index in [1.54, 1.807) is 13.8 Å². The van der Waals surface area contributed by atoms with Gasteiger partial charge in [-0.05, 0) is 32.9 Å². The number of aryl methyl sites for hydroxylation is 2. The lowest BCUT2D eigenvalue weighted by atomic mass is 9.91. The second kappa shape index (κ2) is 5.40. The lowest BCUT2D eigenvalue weighted by Crippen LogP contribution is -2.42. The van der Waals surface area contributed by atoms with Crippen LogP contribution in [0.3, 0.4) is 0 Å². The molecule has 0 bridgehead atoms. The van der Waals surface area contributed by atoms with Crippen molar-refractivity contribution in [1.29, 1.82) is 0 Å². The van der Waals surface area contributed by atoms with Gasteiger partial charge in [-0.25, -0.2) is 18.6 Å². The summed E-state index contributed by atoms with van der Waals surface area (Å²) in [5.41, 5.74) is -1.69. The summed E-state index contributed by atoms with van der Waals surface area (Å²) in [5, 5.41) is 2.36. The van der Waals surface area contributed by atoms with Gasteiger partial charge < -0.3 is 9.73 Å². The number of halogens is 2. The van der Waals surface area contributed by atoms with Crippen LogP contribution >= 0.6 is 0 Å². The van der Waals surface area contributed by atoms with Crippen LogP contribution in [0, 0.1) is 25.5 Å². The average Bonchev–Trinajstić information content (AvgIpc) is 2.91. The fourth-order valence-electron chi connectivity index (χ4n) is 2.73. The highest BCUT2D eigenvalue weighted by atomic mass is 19.1. The highest BCUT2D eigenvalue weighted by molar-refractivity contribution is 6.07. The summed E-state index contributed by atoms with van der Waals surface area (Å²) in [4.78, 5) is 29.8. The van der Waals surface area contributed by atoms with Crippen molar-refractivity contribution in [3.63, 3.8) is 0 Å². The third-order valence-corrected chi connectivity index (χ3v) is 4.10. The van der Waals surface area contributed by atoms with Crippen molar-refractivity contribution in [2.45, 2.75) is 32.9 Å². The normalized spacial score (nSPS) is 20.6. The number of carbonyl (C=O) groups excluding carboxylic acids is 2. The molecular formula is C16H15F2N3O3. The zero-order chi connectivity index (χ0) is 17.6. The molecule has 24 heavy (non-hydrogen) atoms. The molecule has 2 aromatic rings. The molecule has 0 radical (unpaired) electrons. The van der Waals surface area contributed by atoms with Crippen LogP contribution in [0.5, 0.6) is 0 Å². The van der Waals surface area contributed by atoms with E-state index in [9.17, 15) is 18.4 Å². The van der Waals surface area contributed by atoms with Gasteiger partial charge in [0.15, 0.2) is 0 Å². The predicted octanol–water partition coefficient (Wildman–Crippen LogP) is 2.54. The van der Waals surface area contributed by atoms with E-state index >= 15 is 0 Å². The molecule has 3 amide bonds. The Balaban J connectivity index is 1.96. The van der Waals surface area contributed by atoms with Crippen LogP contribution in [0.4, 0.5) is 13.6 Å². The molecular weight excluding hydrogens is 320 g/mol. The van der Waals surface area contributed by atoms with Gasteiger partial charge in [0.25, 0.3) is 5.91 Å². The van der Waals surface area contributed by atoms with Crippen molar-refractivity contribution in [1.82, 2.24) is 15.2 Å². The monoisotopic (exact) mass is 335 g/mol. The Kier molecular flexibility index (Phi) is 3.62. The molecule has 3 rings (SSSR count). The summed E-state index contributed by atoms with van der Waals surface area (Å²) in [5.74, 6) is -1.84. The van der Waals surface area contributed by atoms with Crippen molar-refractivity contribution in [2.75, 3.05) is 0 Å². The number of hydrogen-bond acceptors (Lipinski definition) is 4. The van der Waals surface area contributed by atoms with E-state index < -0.39 is 34.7 Å². The molecule has 6 nitrogen and oxygen atoms in total. The molecule has 1 aromatic heterocycles. The first-order valence-corrected chi connectivity index (χ1v) is 7.25. The molecule has 1 fully saturated rings. The standard InChI is InChI=1S/C16H15F2N3O3/c1-8-9(2)24-12(19-8)7-21-14(22)16(3,20-15(21)23)13-10(17)5-4-6-11(13)18/h4-6H,7H2,1-3H3,(H,20,23)/t16-/m0/s1. The van der Waals surface area contributed by atoms with E-state index in [1.165, 1.54) is 13.0 Å². The fraction of sp³-hybridized carbons (Fsp3) is 0.312. The molecule has 1 aromatic carbocycles. The van der Waals surface area contributed by atoms with Crippen molar-refractivity contribution in [2.24, 2.45) is 0 Å². The molecule has 1 atom stereocenters. The summed E-state index contributed by atoms with van der Waals surface area (Å²) in [6.07, 6.45) is 0. The van der Waals surface area contributed by atoms with Crippen molar-refractivity contribution in [3.05, 3.63) is 52.7 Å². The highest BCUT2D eigenvalue weighted by Crippen LogP contribution is 2.33. The van der Waals surface area contributed by atoms with E-state index in [1.807, 2.05) is 0 Å². The van der Waals surface area contributed by atoms with Gasteiger partial charge in [0, 0.05) is 0 Å². The Bertz CT molecular complexity index is 809. The third kappa shape index (κ3) is 2.34. The molecule has 0 spiro atoms. The maximum absolute atomic E-state index is 14.1. The quantitative estimate of drug-likeness (QED) is 0.875. The number of nitrogens with one attached hydrogen (secondary N) is 1. The lowest BCUT2D eigenvalue weighted by Gasteiger charge is -2.23. The Hall–Kier alpha value is -2.77. The number of amides is 3. The Morgan fingerprint density at radius 3 is 2.42 bits per heavy atom. The molecule has 0 aliphatic carbocycles. The summed E-state index contributed by atoms with van der Waals surface area (Å²) < 4.78 is 33.5. The Labute approximate surface area is 136 Å². The van der Waals surface area contributed by atoms with Crippen LogP contribution in [0.1, 0.15) is 29.8 Å². The SMILES string of the molecule is Cc1nc(CN2C(=O)N[C@@](C)(c3c(F)cccc3F)C2=O)oc1C. The number of benzene rings is 1. The number of aromatic nitrogens is 1. The predicted molar refractivity (Wildman–Crippen MR) is 78.8 cm³/mol. The number of nitrogens with zero attached hydrogens (tertiary/aromatic N) is 2. The van der Waals surface area contributed by atoms with E-state index in [0.29, 0.717) is 11.5 Å². The maximum atomic E-state index is 14.1. The van der Waals surface area contributed by atoms with Crippen LogP contribution in [0.25, 0.3) is 0 Å². The minimum atomic E-state index is -1.83. The van der Waals surface area contributed by atoms with E-state index in [4.69, 9.17) is 4.42 Å². The summed E-state index contributed by atoms with van der Waals surface area (Å²) in [6, 6.07) is 2.49. The van der Waals surface area contributed by atoms with E-state index in [-0.39, 0.29) is 12.4 Å². The second-order valence-corrected chi connectivity index (χ2v) is 5.79. The second-order valence-electron chi connectivity index (χ2n) is 5.79. The van der Waals surface area contributed by atoms with Crippen LogP contribution in [0.15, 0.2) is 22.6 Å². The Morgan fingerprint density at radius 1 is 1.25 bits per heavy atom. The maximum Gasteiger partial charge on any atom is 0.325 e. The van der Waals surface area contributed by atoms with Crippen molar-refractivity contribution < 1.29 is 22.8 Å². The van der Waals surface area contributed by atoms with Gasteiger partial charge >= 0.3 is 6.03 Å². The van der Waals surface area contributed by atoms with Crippen LogP contribution < -0.4 is 5.32 Å². The van der Waals surface area contributed by atoms with Gasteiger partial charge in [0.05, 0.1) is 11.3 Å². The van der Waals surface area contributed by atoms with Crippen molar-refractivity contribution >= 4 is 11.9 Å². The first kappa shape index (κ1) is 16.1. The fourth-order valence-corrected chi connectivity index (χ4v) is 2.73. The third-order valence-electron chi connectivity index (χ3n) is 4.10. The first-order valence-electron chi connectivity index (χ1n) is 7.25. The number of oxazole rings is 1. The molecule has 1 saturated heterocycles. The molecule has 0 unspecified atom stereocenters. The number of rotatable bonds is 3. The summed E-state index contributed by atoms with van der Waals surface area (Å²) >= 11 is 0. The first-order chi connectivity index (χ1) is 11.2. The van der Waals surface area contributed by atoms with Gasteiger partial charge in [-0.15, -0.1) is 0 Å². The smallest absolute Gasteiger partial charge is 0.325 e. The van der Waals surface area contributed by atoms with E-state index in [2.05, 4.69) is 10.3 Å². The van der Waals surface area contributed by atoms with Gasteiger partial charge in [-0.1, -0.05) is 6.07 Å². The zero-order valence-corrected chi connectivity index (χ0v) is 13.3. The molecule has 1 N–H and O–H groups in total. The van der Waals surface area contributed by atoms with Gasteiger partial charge in [0.2, 0.25) is 5.89 Å². The number of urea groups is 1. The molecule has 1 aliphatic rings. The van der Waals surface area contributed by atoms with Crippen LogP contribution in [-0.2, 0) is 16.9 Å². The summed E-state index contributed by atoms with van der Waals surface area (Å²) in [6.45, 7) is 4.48. The summed E-state index contributed by atoms with van der Waals surface area (Å²) in [7, 11) is 0. The van der Waals surface area contributed by atoms with Gasteiger partial charge in [-0.2, -0.15) is 0 Å². The largest absolute Gasteiger partial charge is 0.444 e. The number of hydrogen-bond donors (Lipinski definition) is 1. The lowest BCUT2D eigenvalue weighted by molar-refractivity contribution is -0.131. The minimum absolute atomic E-state index is 0.173. The van der Waals surface area contributed by atoms with E-state index in [0.717, 1.165) is 17.0 Å². The van der Waals surface area contributed by atoms with Crippen molar-refractivity contribution in [3.8, 4) is 0 Å². The zero-order valence-electron chi connectivity index (χ0n) is 13.3. The average molecular weight is 335 g/mol.